The van der Waals surface area contributed by atoms with Crippen LogP contribution in [0.4, 0.5) is 0 Å². The van der Waals surface area contributed by atoms with Crippen molar-refractivity contribution >= 4 is 0 Å². The molecule has 0 spiro atoms. The molecule has 2 heteroatoms. The minimum atomic E-state index is -0.586. The van der Waals surface area contributed by atoms with Gasteiger partial charge in [0.2, 0.25) is 0 Å². The first-order valence-corrected chi connectivity index (χ1v) is 6.80. The predicted molar refractivity (Wildman–Crippen MR) is 69.6 cm³/mol. The highest BCUT2D eigenvalue weighted by atomic mass is 16.3. The molecule has 0 amide bonds. The Bertz CT molecular complexity index is 315. The van der Waals surface area contributed by atoms with Crippen LogP contribution in [0.1, 0.15) is 52.9 Å². The molecule has 0 bridgehead atoms. The third-order valence-electron chi connectivity index (χ3n) is 5.12. The first-order valence-electron chi connectivity index (χ1n) is 6.80. The van der Waals surface area contributed by atoms with Crippen LogP contribution in [0.3, 0.4) is 0 Å². The second-order valence-electron chi connectivity index (χ2n) is 7.05. The van der Waals surface area contributed by atoms with E-state index < -0.39 is 5.60 Å². The summed E-state index contributed by atoms with van der Waals surface area (Å²) < 4.78 is 0. The standard InChI is InChI=1S/C15H26O2/c1-10-7-12(16)9-15(4)6-5-11(8-13(10)15)14(2,3)17/h11-13,16-17H,1,5-9H2,2-4H3/t11?,12-,13-,15-/m0/s1. The van der Waals surface area contributed by atoms with Crippen LogP contribution < -0.4 is 0 Å². The van der Waals surface area contributed by atoms with E-state index in [-0.39, 0.29) is 11.5 Å². The van der Waals surface area contributed by atoms with Crippen molar-refractivity contribution in [2.75, 3.05) is 0 Å². The van der Waals surface area contributed by atoms with Gasteiger partial charge in [-0.3, -0.25) is 0 Å². The molecule has 0 saturated heterocycles. The van der Waals surface area contributed by atoms with E-state index in [0.29, 0.717) is 11.8 Å². The lowest BCUT2D eigenvalue weighted by Gasteiger charge is -2.51. The summed E-state index contributed by atoms with van der Waals surface area (Å²) in [6.07, 6.45) is 4.64. The maximum atomic E-state index is 10.2. The van der Waals surface area contributed by atoms with Crippen LogP contribution >= 0.6 is 0 Å². The van der Waals surface area contributed by atoms with Crippen molar-refractivity contribution in [1.82, 2.24) is 0 Å². The van der Waals surface area contributed by atoms with Gasteiger partial charge in [0, 0.05) is 0 Å². The zero-order valence-electron chi connectivity index (χ0n) is 11.4. The quantitative estimate of drug-likeness (QED) is 0.690. The Morgan fingerprint density at radius 3 is 2.65 bits per heavy atom. The number of hydrogen-bond acceptors (Lipinski definition) is 2. The van der Waals surface area contributed by atoms with Crippen molar-refractivity contribution in [2.45, 2.75) is 64.6 Å². The van der Waals surface area contributed by atoms with Crippen LogP contribution in [-0.2, 0) is 0 Å². The fourth-order valence-corrected chi connectivity index (χ4v) is 3.97. The van der Waals surface area contributed by atoms with Gasteiger partial charge >= 0.3 is 0 Å². The summed E-state index contributed by atoms with van der Waals surface area (Å²) in [5, 5.41) is 20.1. The summed E-state index contributed by atoms with van der Waals surface area (Å²) in [4.78, 5) is 0. The minimum absolute atomic E-state index is 0.205. The molecule has 2 saturated carbocycles. The van der Waals surface area contributed by atoms with Crippen molar-refractivity contribution in [2.24, 2.45) is 17.3 Å². The number of fused-ring (bicyclic) bond motifs is 1. The Balaban J connectivity index is 2.17. The van der Waals surface area contributed by atoms with E-state index in [0.717, 1.165) is 32.1 Å². The summed E-state index contributed by atoms with van der Waals surface area (Å²) in [6, 6.07) is 0. The summed E-state index contributed by atoms with van der Waals surface area (Å²) in [7, 11) is 0. The number of hydrogen-bond donors (Lipinski definition) is 2. The van der Waals surface area contributed by atoms with Gasteiger partial charge < -0.3 is 10.2 Å². The van der Waals surface area contributed by atoms with Gasteiger partial charge in [0.05, 0.1) is 11.7 Å². The first-order chi connectivity index (χ1) is 7.72. The number of aliphatic hydroxyl groups excluding tert-OH is 1. The molecule has 2 aliphatic rings. The highest BCUT2D eigenvalue weighted by molar-refractivity contribution is 5.15. The van der Waals surface area contributed by atoms with Crippen molar-refractivity contribution in [3.63, 3.8) is 0 Å². The lowest BCUT2D eigenvalue weighted by Crippen LogP contribution is -2.46. The molecule has 1 unspecified atom stereocenters. The van der Waals surface area contributed by atoms with Crippen molar-refractivity contribution in [1.29, 1.82) is 0 Å². The van der Waals surface area contributed by atoms with Crippen molar-refractivity contribution in [3.8, 4) is 0 Å². The van der Waals surface area contributed by atoms with E-state index in [1.807, 2.05) is 13.8 Å². The molecule has 2 fully saturated rings. The fourth-order valence-electron chi connectivity index (χ4n) is 3.97. The second kappa shape index (κ2) is 4.10. The molecule has 2 aliphatic carbocycles. The van der Waals surface area contributed by atoms with Crippen molar-refractivity contribution in [3.05, 3.63) is 12.2 Å². The van der Waals surface area contributed by atoms with E-state index in [9.17, 15) is 10.2 Å². The summed E-state index contributed by atoms with van der Waals surface area (Å²) in [5.74, 6) is 0.851. The maximum absolute atomic E-state index is 10.2. The molecule has 0 aromatic carbocycles. The molecule has 98 valence electrons. The topological polar surface area (TPSA) is 40.5 Å². The van der Waals surface area contributed by atoms with Gasteiger partial charge in [0.25, 0.3) is 0 Å². The molecular weight excluding hydrogens is 212 g/mol. The SMILES string of the molecule is C=C1C[C@H](O)C[C@]2(C)CCC(C(C)(C)O)C[C@@H]12. The number of rotatable bonds is 1. The van der Waals surface area contributed by atoms with E-state index in [2.05, 4.69) is 13.5 Å². The Hall–Kier alpha value is -0.340. The normalized spacial score (nSPS) is 43.4. The van der Waals surface area contributed by atoms with Gasteiger partial charge in [-0.15, -0.1) is 0 Å². The molecule has 2 nitrogen and oxygen atoms in total. The first kappa shape index (κ1) is 13.1. The molecule has 0 aromatic heterocycles. The third kappa shape index (κ3) is 2.43. The van der Waals surface area contributed by atoms with Crippen LogP contribution in [-0.4, -0.2) is 21.9 Å². The maximum Gasteiger partial charge on any atom is 0.0620 e. The monoisotopic (exact) mass is 238 g/mol. The molecular formula is C15H26O2. The highest BCUT2D eigenvalue weighted by Gasteiger charge is 2.47. The summed E-state index contributed by atoms with van der Waals surface area (Å²) >= 11 is 0. The lowest BCUT2D eigenvalue weighted by atomic mass is 9.55. The van der Waals surface area contributed by atoms with Gasteiger partial charge in [0.1, 0.15) is 0 Å². The van der Waals surface area contributed by atoms with E-state index in [4.69, 9.17) is 0 Å². The zero-order valence-corrected chi connectivity index (χ0v) is 11.4. The molecule has 0 heterocycles. The second-order valence-corrected chi connectivity index (χ2v) is 7.05. The lowest BCUT2D eigenvalue weighted by molar-refractivity contribution is -0.0565. The Morgan fingerprint density at radius 2 is 2.06 bits per heavy atom. The molecule has 2 rings (SSSR count). The molecule has 0 radical (unpaired) electrons. The fraction of sp³-hybridized carbons (Fsp3) is 0.867. The summed E-state index contributed by atoms with van der Waals surface area (Å²) in [6.45, 7) is 10.3. The molecule has 0 aromatic rings. The van der Waals surface area contributed by atoms with Crippen molar-refractivity contribution < 1.29 is 10.2 Å². The minimum Gasteiger partial charge on any atom is -0.393 e. The van der Waals surface area contributed by atoms with Gasteiger partial charge in [-0.25, -0.2) is 0 Å². The third-order valence-corrected chi connectivity index (χ3v) is 5.12. The zero-order chi connectivity index (χ0) is 12.8. The highest BCUT2D eigenvalue weighted by Crippen LogP contribution is 2.54. The Morgan fingerprint density at radius 1 is 1.41 bits per heavy atom. The molecule has 17 heavy (non-hydrogen) atoms. The average molecular weight is 238 g/mol. The summed E-state index contributed by atoms with van der Waals surface area (Å²) in [5.41, 5.74) is 0.814. The van der Waals surface area contributed by atoms with Crippen LogP contribution in [0, 0.1) is 17.3 Å². The van der Waals surface area contributed by atoms with E-state index >= 15 is 0 Å². The van der Waals surface area contributed by atoms with Gasteiger partial charge in [0.15, 0.2) is 0 Å². The van der Waals surface area contributed by atoms with E-state index in [1.165, 1.54) is 5.57 Å². The predicted octanol–water partition coefficient (Wildman–Crippen LogP) is 2.89. The van der Waals surface area contributed by atoms with Gasteiger partial charge in [-0.1, -0.05) is 19.1 Å². The van der Waals surface area contributed by atoms with Crippen LogP contribution in [0.2, 0.25) is 0 Å². The Kier molecular flexibility index (Phi) is 3.16. The van der Waals surface area contributed by atoms with Gasteiger partial charge in [-0.2, -0.15) is 0 Å². The van der Waals surface area contributed by atoms with Crippen LogP contribution in [0.5, 0.6) is 0 Å². The van der Waals surface area contributed by atoms with E-state index in [1.54, 1.807) is 0 Å². The van der Waals surface area contributed by atoms with Crippen LogP contribution in [0.25, 0.3) is 0 Å². The largest absolute Gasteiger partial charge is 0.393 e. The Labute approximate surface area is 105 Å². The van der Waals surface area contributed by atoms with Gasteiger partial charge in [-0.05, 0) is 63.2 Å². The van der Waals surface area contributed by atoms with Crippen LogP contribution in [0.15, 0.2) is 12.2 Å². The smallest absolute Gasteiger partial charge is 0.0620 e. The number of aliphatic hydroxyl groups is 2. The molecule has 0 aliphatic heterocycles. The average Bonchev–Trinajstić information content (AvgIpc) is 2.13. The molecule has 2 N–H and O–H groups in total. The molecule has 4 atom stereocenters.